The van der Waals surface area contributed by atoms with Crippen LogP contribution in [0.2, 0.25) is 0 Å². The molecular formula is C16H14FNO2S. The number of benzene rings is 1. The van der Waals surface area contributed by atoms with Crippen molar-refractivity contribution in [3.05, 3.63) is 51.0 Å². The first kappa shape index (κ1) is 13.9. The highest BCUT2D eigenvalue weighted by Gasteiger charge is 2.22. The number of amides is 1. The molecule has 5 heteroatoms. The SMILES string of the molecule is CCc1ccc(C(=O)c2cc3c(cc2F)NC(=O)CC3)s1. The summed E-state index contributed by atoms with van der Waals surface area (Å²) < 4.78 is 14.2. The summed E-state index contributed by atoms with van der Waals surface area (Å²) in [6, 6.07) is 6.45. The molecule has 1 aliphatic heterocycles. The van der Waals surface area contributed by atoms with Gasteiger partial charge in [0, 0.05) is 17.0 Å². The molecular weight excluding hydrogens is 289 g/mol. The van der Waals surface area contributed by atoms with Crippen molar-refractivity contribution < 1.29 is 14.0 Å². The maximum absolute atomic E-state index is 14.2. The average molecular weight is 303 g/mol. The second kappa shape index (κ2) is 5.41. The summed E-state index contributed by atoms with van der Waals surface area (Å²) in [5.74, 6) is -1.00. The highest BCUT2D eigenvalue weighted by Crippen LogP contribution is 2.28. The van der Waals surface area contributed by atoms with Crippen molar-refractivity contribution in [3.63, 3.8) is 0 Å². The van der Waals surface area contributed by atoms with Crippen molar-refractivity contribution in [2.24, 2.45) is 0 Å². The lowest BCUT2D eigenvalue weighted by molar-refractivity contribution is -0.116. The quantitative estimate of drug-likeness (QED) is 0.881. The molecule has 1 N–H and O–H groups in total. The van der Waals surface area contributed by atoms with E-state index >= 15 is 0 Å². The zero-order chi connectivity index (χ0) is 15.0. The molecule has 3 rings (SSSR count). The number of halogens is 1. The Balaban J connectivity index is 1.98. The lowest BCUT2D eigenvalue weighted by atomic mass is 9.98. The maximum atomic E-state index is 14.2. The second-order valence-electron chi connectivity index (χ2n) is 4.99. The number of ketones is 1. The van der Waals surface area contributed by atoms with Crippen LogP contribution in [0.25, 0.3) is 0 Å². The van der Waals surface area contributed by atoms with Gasteiger partial charge in [0.25, 0.3) is 0 Å². The van der Waals surface area contributed by atoms with E-state index in [1.807, 2.05) is 13.0 Å². The molecule has 0 fully saturated rings. The Labute approximate surface area is 125 Å². The van der Waals surface area contributed by atoms with Gasteiger partial charge >= 0.3 is 0 Å². The fourth-order valence-corrected chi connectivity index (χ4v) is 3.30. The number of carbonyl (C=O) groups excluding carboxylic acids is 2. The fraction of sp³-hybridized carbons (Fsp3) is 0.250. The minimum atomic E-state index is -0.590. The number of carbonyl (C=O) groups is 2. The van der Waals surface area contributed by atoms with Crippen LogP contribution < -0.4 is 5.32 Å². The first-order valence-corrected chi connectivity index (χ1v) is 7.66. The number of fused-ring (bicyclic) bond motifs is 1. The molecule has 0 spiro atoms. The number of anilines is 1. The van der Waals surface area contributed by atoms with Crippen LogP contribution >= 0.6 is 11.3 Å². The van der Waals surface area contributed by atoms with Crippen LogP contribution in [0.4, 0.5) is 10.1 Å². The Morgan fingerprint density at radius 1 is 1.33 bits per heavy atom. The highest BCUT2D eigenvalue weighted by atomic mass is 32.1. The predicted octanol–water partition coefficient (Wildman–Crippen LogP) is 3.57. The van der Waals surface area contributed by atoms with Crippen LogP contribution in [-0.4, -0.2) is 11.7 Å². The molecule has 3 nitrogen and oxygen atoms in total. The number of nitrogens with one attached hydrogen (secondary N) is 1. The van der Waals surface area contributed by atoms with Crippen LogP contribution in [0.1, 0.15) is 39.0 Å². The monoisotopic (exact) mass is 303 g/mol. The summed E-state index contributed by atoms with van der Waals surface area (Å²) in [7, 11) is 0. The molecule has 0 atom stereocenters. The van der Waals surface area contributed by atoms with E-state index in [0.29, 0.717) is 23.4 Å². The van der Waals surface area contributed by atoms with Crippen LogP contribution in [-0.2, 0) is 17.6 Å². The number of hydrogen-bond donors (Lipinski definition) is 1. The smallest absolute Gasteiger partial charge is 0.224 e. The molecule has 0 saturated carbocycles. The van der Waals surface area contributed by atoms with E-state index in [-0.39, 0.29) is 17.3 Å². The minimum absolute atomic E-state index is 0.0782. The molecule has 0 unspecified atom stereocenters. The summed E-state index contributed by atoms with van der Waals surface area (Å²) in [6.07, 6.45) is 1.76. The van der Waals surface area contributed by atoms with Gasteiger partial charge in [-0.15, -0.1) is 11.3 Å². The van der Waals surface area contributed by atoms with Gasteiger partial charge in [-0.2, -0.15) is 0 Å². The predicted molar refractivity (Wildman–Crippen MR) is 80.5 cm³/mol. The van der Waals surface area contributed by atoms with Gasteiger partial charge in [0.15, 0.2) is 0 Å². The Kier molecular flexibility index (Phi) is 3.59. The van der Waals surface area contributed by atoms with E-state index in [0.717, 1.165) is 16.9 Å². The van der Waals surface area contributed by atoms with Crippen LogP contribution in [0, 0.1) is 5.82 Å². The topological polar surface area (TPSA) is 46.2 Å². The molecule has 2 heterocycles. The Bertz CT molecular complexity index is 736. The van der Waals surface area contributed by atoms with Gasteiger partial charge in [0.1, 0.15) is 5.82 Å². The van der Waals surface area contributed by atoms with Gasteiger partial charge in [-0.25, -0.2) is 4.39 Å². The molecule has 0 saturated heterocycles. The first-order valence-electron chi connectivity index (χ1n) is 6.84. The van der Waals surface area contributed by atoms with E-state index in [1.54, 1.807) is 12.1 Å². The van der Waals surface area contributed by atoms with E-state index in [2.05, 4.69) is 5.32 Å². The summed E-state index contributed by atoms with van der Waals surface area (Å²) in [5, 5.41) is 2.63. The second-order valence-corrected chi connectivity index (χ2v) is 6.15. The van der Waals surface area contributed by atoms with E-state index in [9.17, 15) is 14.0 Å². The molecule has 1 aromatic carbocycles. The molecule has 0 aliphatic carbocycles. The third kappa shape index (κ3) is 2.61. The number of thiophene rings is 1. The zero-order valence-corrected chi connectivity index (χ0v) is 12.3. The normalized spacial score (nSPS) is 13.7. The number of rotatable bonds is 3. The average Bonchev–Trinajstić information content (AvgIpc) is 2.94. The molecule has 1 aliphatic rings. The van der Waals surface area contributed by atoms with E-state index in [1.165, 1.54) is 17.4 Å². The number of hydrogen-bond acceptors (Lipinski definition) is 3. The lowest BCUT2D eigenvalue weighted by Crippen LogP contribution is -2.20. The standard InChI is InChI=1S/C16H14FNO2S/c1-2-10-4-5-14(21-10)16(20)11-7-9-3-6-15(19)18-13(9)8-12(11)17/h4-5,7-8H,2-3,6H2,1H3,(H,18,19). The van der Waals surface area contributed by atoms with Crippen LogP contribution in [0.3, 0.4) is 0 Å². The van der Waals surface area contributed by atoms with Gasteiger partial charge in [-0.3, -0.25) is 9.59 Å². The van der Waals surface area contributed by atoms with Gasteiger partial charge in [0.05, 0.1) is 10.4 Å². The first-order chi connectivity index (χ1) is 10.1. The van der Waals surface area contributed by atoms with Crippen molar-refractivity contribution in [2.75, 3.05) is 5.32 Å². The van der Waals surface area contributed by atoms with Gasteiger partial charge in [-0.1, -0.05) is 6.92 Å². The molecule has 2 aromatic rings. The van der Waals surface area contributed by atoms with Crippen molar-refractivity contribution in [2.45, 2.75) is 26.2 Å². The van der Waals surface area contributed by atoms with E-state index < -0.39 is 5.82 Å². The molecule has 0 bridgehead atoms. The van der Waals surface area contributed by atoms with Crippen LogP contribution in [0.5, 0.6) is 0 Å². The Morgan fingerprint density at radius 3 is 2.86 bits per heavy atom. The molecule has 108 valence electrons. The largest absolute Gasteiger partial charge is 0.326 e. The summed E-state index contributed by atoms with van der Waals surface area (Å²) in [6.45, 7) is 2.02. The highest BCUT2D eigenvalue weighted by molar-refractivity contribution is 7.14. The third-order valence-electron chi connectivity index (χ3n) is 3.57. The number of aryl methyl sites for hydroxylation is 2. The third-order valence-corrected chi connectivity index (χ3v) is 4.80. The van der Waals surface area contributed by atoms with Gasteiger partial charge < -0.3 is 5.32 Å². The summed E-state index contributed by atoms with van der Waals surface area (Å²) in [5.41, 5.74) is 1.36. The lowest BCUT2D eigenvalue weighted by Gasteiger charge is -2.17. The van der Waals surface area contributed by atoms with Gasteiger partial charge in [0.2, 0.25) is 11.7 Å². The van der Waals surface area contributed by atoms with Crippen molar-refractivity contribution in [1.82, 2.24) is 0 Å². The molecule has 1 aromatic heterocycles. The molecule has 21 heavy (non-hydrogen) atoms. The summed E-state index contributed by atoms with van der Waals surface area (Å²) in [4.78, 5) is 25.4. The Hall–Kier alpha value is -2.01. The minimum Gasteiger partial charge on any atom is -0.326 e. The summed E-state index contributed by atoms with van der Waals surface area (Å²) >= 11 is 1.40. The van der Waals surface area contributed by atoms with Crippen molar-refractivity contribution in [1.29, 1.82) is 0 Å². The molecule has 1 amide bonds. The maximum Gasteiger partial charge on any atom is 0.224 e. The van der Waals surface area contributed by atoms with Crippen molar-refractivity contribution >= 4 is 28.7 Å². The van der Waals surface area contributed by atoms with Crippen LogP contribution in [0.15, 0.2) is 24.3 Å². The van der Waals surface area contributed by atoms with E-state index in [4.69, 9.17) is 0 Å². The zero-order valence-electron chi connectivity index (χ0n) is 11.5. The molecule has 0 radical (unpaired) electrons. The Morgan fingerprint density at radius 2 is 2.14 bits per heavy atom. The van der Waals surface area contributed by atoms with Gasteiger partial charge in [-0.05, 0) is 42.7 Å². The van der Waals surface area contributed by atoms with Crippen molar-refractivity contribution in [3.8, 4) is 0 Å². The fourth-order valence-electron chi connectivity index (χ4n) is 2.40.